The minimum Gasteiger partial charge on any atom is -0.397 e. The van der Waals surface area contributed by atoms with Crippen LogP contribution in [-0.4, -0.2) is 35.4 Å². The van der Waals surface area contributed by atoms with Crippen LogP contribution in [0.1, 0.15) is 21.8 Å². The number of carbonyl (C=O) groups is 1. The number of fused-ring (bicyclic) bond motifs is 1. The molecule has 0 bridgehead atoms. The Morgan fingerprint density at radius 2 is 2.35 bits per heavy atom. The molecule has 1 aliphatic heterocycles. The highest BCUT2D eigenvalue weighted by Gasteiger charge is 2.28. The molecule has 1 amide bonds. The molecule has 4 N–H and O–H groups in total. The minimum absolute atomic E-state index is 0.0131. The molecule has 1 aliphatic rings. The number of hydrogen-bond acceptors (Lipinski definition) is 5. The Kier molecular flexibility index (Phi) is 3.35. The number of nitrogens with two attached hydrogens (primary N) is 2. The molecule has 5 nitrogen and oxygen atoms in total. The number of thiophene rings is 1. The summed E-state index contributed by atoms with van der Waals surface area (Å²) >= 11 is 1.38. The average molecular weight is 290 g/mol. The number of anilines is 1. The second-order valence-electron chi connectivity index (χ2n) is 5.29. The largest absolute Gasteiger partial charge is 0.397 e. The van der Waals surface area contributed by atoms with Gasteiger partial charge in [0.05, 0.1) is 5.69 Å². The van der Waals surface area contributed by atoms with E-state index in [0.717, 1.165) is 35.4 Å². The highest BCUT2D eigenvalue weighted by molar-refractivity contribution is 7.21. The van der Waals surface area contributed by atoms with Crippen molar-refractivity contribution in [3.8, 4) is 0 Å². The van der Waals surface area contributed by atoms with Gasteiger partial charge in [0, 0.05) is 24.2 Å². The molecule has 3 heterocycles. The second-order valence-corrected chi connectivity index (χ2v) is 6.29. The Hall–Kier alpha value is -1.66. The first kappa shape index (κ1) is 13.3. The van der Waals surface area contributed by atoms with Gasteiger partial charge in [-0.2, -0.15) is 0 Å². The maximum Gasteiger partial charge on any atom is 0.266 e. The summed E-state index contributed by atoms with van der Waals surface area (Å²) in [4.78, 5) is 20.3. The number of pyridine rings is 1. The molecular weight excluding hydrogens is 272 g/mol. The number of rotatable bonds is 2. The number of aromatic nitrogens is 1. The van der Waals surface area contributed by atoms with Gasteiger partial charge in [0.25, 0.3) is 5.91 Å². The van der Waals surface area contributed by atoms with Crippen molar-refractivity contribution in [2.24, 2.45) is 11.7 Å². The van der Waals surface area contributed by atoms with Gasteiger partial charge in [0.1, 0.15) is 9.71 Å². The molecule has 1 atom stereocenters. The molecule has 3 rings (SSSR count). The number of carbonyl (C=O) groups excluding carboxylic acids is 1. The van der Waals surface area contributed by atoms with E-state index in [1.807, 2.05) is 24.0 Å². The maximum atomic E-state index is 12.6. The van der Waals surface area contributed by atoms with Gasteiger partial charge in [-0.15, -0.1) is 11.3 Å². The number of hydrogen-bond donors (Lipinski definition) is 2. The van der Waals surface area contributed by atoms with Crippen molar-refractivity contribution < 1.29 is 4.79 Å². The second kappa shape index (κ2) is 5.03. The van der Waals surface area contributed by atoms with Crippen LogP contribution in [0.5, 0.6) is 0 Å². The highest BCUT2D eigenvalue weighted by atomic mass is 32.1. The monoisotopic (exact) mass is 290 g/mol. The van der Waals surface area contributed by atoms with Crippen molar-refractivity contribution in [3.63, 3.8) is 0 Å². The Balaban J connectivity index is 1.94. The molecule has 0 saturated carbocycles. The van der Waals surface area contributed by atoms with Crippen LogP contribution < -0.4 is 11.5 Å². The van der Waals surface area contributed by atoms with Crippen LogP contribution in [0.2, 0.25) is 0 Å². The first-order chi connectivity index (χ1) is 9.60. The molecule has 2 aromatic heterocycles. The Morgan fingerprint density at radius 3 is 3.05 bits per heavy atom. The van der Waals surface area contributed by atoms with Crippen molar-refractivity contribution in [1.82, 2.24) is 9.88 Å². The summed E-state index contributed by atoms with van der Waals surface area (Å²) in [6.45, 7) is 4.06. The molecule has 0 aromatic carbocycles. The number of likely N-dealkylation sites (tertiary alicyclic amines) is 1. The summed E-state index contributed by atoms with van der Waals surface area (Å²) in [5, 5.41) is 0.874. The standard InChI is InChI=1S/C14H18N4OS/c1-8-2-3-10-11(16)12(20-13(10)17-8)14(19)18-5-4-9(6-15)7-18/h2-3,9H,4-7,15-16H2,1H3. The SMILES string of the molecule is Cc1ccc2c(N)c(C(=O)N3CCC(CN)C3)sc2n1. The van der Waals surface area contributed by atoms with Gasteiger partial charge < -0.3 is 16.4 Å². The topological polar surface area (TPSA) is 85.2 Å². The van der Waals surface area contributed by atoms with Crippen molar-refractivity contribution in [2.75, 3.05) is 25.4 Å². The molecule has 6 heteroatoms. The van der Waals surface area contributed by atoms with Crippen LogP contribution in [0.4, 0.5) is 5.69 Å². The van der Waals surface area contributed by atoms with Crippen LogP contribution in [0.25, 0.3) is 10.2 Å². The van der Waals surface area contributed by atoms with Gasteiger partial charge in [-0.05, 0) is 37.9 Å². The summed E-state index contributed by atoms with van der Waals surface area (Å²) < 4.78 is 0. The number of nitrogen functional groups attached to an aromatic ring is 1. The van der Waals surface area contributed by atoms with E-state index >= 15 is 0 Å². The van der Waals surface area contributed by atoms with Crippen LogP contribution in [0.3, 0.4) is 0 Å². The molecule has 1 fully saturated rings. The fourth-order valence-corrected chi connectivity index (χ4v) is 3.71. The van der Waals surface area contributed by atoms with Gasteiger partial charge in [0.15, 0.2) is 0 Å². The molecule has 2 aromatic rings. The lowest BCUT2D eigenvalue weighted by molar-refractivity contribution is 0.0793. The number of nitrogens with zero attached hydrogens (tertiary/aromatic N) is 2. The third kappa shape index (κ3) is 2.14. The van der Waals surface area contributed by atoms with Crippen molar-refractivity contribution in [3.05, 3.63) is 22.7 Å². The molecule has 1 unspecified atom stereocenters. The predicted octanol–water partition coefficient (Wildman–Crippen LogP) is 1.61. The third-order valence-electron chi connectivity index (χ3n) is 3.83. The predicted molar refractivity (Wildman–Crippen MR) is 81.8 cm³/mol. The van der Waals surface area contributed by atoms with Gasteiger partial charge in [-0.1, -0.05) is 0 Å². The van der Waals surface area contributed by atoms with E-state index in [2.05, 4.69) is 4.98 Å². The normalized spacial score (nSPS) is 18.9. The lowest BCUT2D eigenvalue weighted by Crippen LogP contribution is -2.29. The maximum absolute atomic E-state index is 12.6. The van der Waals surface area contributed by atoms with E-state index < -0.39 is 0 Å². The smallest absolute Gasteiger partial charge is 0.266 e. The van der Waals surface area contributed by atoms with Gasteiger partial charge >= 0.3 is 0 Å². The summed E-state index contributed by atoms with van der Waals surface area (Å²) in [6.07, 6.45) is 0.977. The van der Waals surface area contributed by atoms with Crippen molar-refractivity contribution in [1.29, 1.82) is 0 Å². The molecule has 1 saturated heterocycles. The van der Waals surface area contributed by atoms with Crippen molar-refractivity contribution >= 4 is 33.1 Å². The Labute approximate surface area is 121 Å². The summed E-state index contributed by atoms with van der Waals surface area (Å²) in [6, 6.07) is 3.85. The van der Waals surface area contributed by atoms with Crippen LogP contribution in [0, 0.1) is 12.8 Å². The van der Waals surface area contributed by atoms with Gasteiger partial charge in [-0.25, -0.2) is 4.98 Å². The lowest BCUT2D eigenvalue weighted by atomic mass is 10.1. The zero-order valence-electron chi connectivity index (χ0n) is 11.4. The van der Waals surface area contributed by atoms with Gasteiger partial charge in [0.2, 0.25) is 0 Å². The quantitative estimate of drug-likeness (QED) is 0.880. The minimum atomic E-state index is 0.0131. The molecule has 106 valence electrons. The van der Waals surface area contributed by atoms with E-state index in [4.69, 9.17) is 11.5 Å². The highest BCUT2D eigenvalue weighted by Crippen LogP contribution is 2.34. The number of aryl methyl sites for hydroxylation is 1. The van der Waals surface area contributed by atoms with E-state index in [-0.39, 0.29) is 5.91 Å². The van der Waals surface area contributed by atoms with E-state index in [1.165, 1.54) is 11.3 Å². The van der Waals surface area contributed by atoms with E-state index in [0.29, 0.717) is 23.0 Å². The molecule has 0 spiro atoms. The molecular formula is C14H18N4OS. The zero-order chi connectivity index (χ0) is 14.3. The molecule has 0 radical (unpaired) electrons. The number of amides is 1. The fourth-order valence-electron chi connectivity index (χ4n) is 2.60. The van der Waals surface area contributed by atoms with Gasteiger partial charge in [-0.3, -0.25) is 4.79 Å². The Bertz CT molecular complexity index is 666. The van der Waals surface area contributed by atoms with E-state index in [1.54, 1.807) is 0 Å². The summed E-state index contributed by atoms with van der Waals surface area (Å²) in [5.41, 5.74) is 13.3. The fraction of sp³-hybridized carbons (Fsp3) is 0.429. The van der Waals surface area contributed by atoms with Crippen LogP contribution in [-0.2, 0) is 0 Å². The molecule has 0 aliphatic carbocycles. The zero-order valence-corrected chi connectivity index (χ0v) is 12.2. The van der Waals surface area contributed by atoms with Crippen molar-refractivity contribution in [2.45, 2.75) is 13.3 Å². The summed E-state index contributed by atoms with van der Waals surface area (Å²) in [5.74, 6) is 0.425. The third-order valence-corrected chi connectivity index (χ3v) is 4.94. The van der Waals surface area contributed by atoms with Crippen LogP contribution in [0.15, 0.2) is 12.1 Å². The first-order valence-electron chi connectivity index (χ1n) is 6.75. The summed E-state index contributed by atoms with van der Waals surface area (Å²) in [7, 11) is 0. The Morgan fingerprint density at radius 1 is 1.55 bits per heavy atom. The first-order valence-corrected chi connectivity index (χ1v) is 7.56. The van der Waals surface area contributed by atoms with Crippen LogP contribution >= 0.6 is 11.3 Å². The van der Waals surface area contributed by atoms with E-state index in [9.17, 15) is 4.79 Å². The molecule has 20 heavy (non-hydrogen) atoms. The lowest BCUT2D eigenvalue weighted by Gasteiger charge is -2.15. The average Bonchev–Trinajstić information content (AvgIpc) is 3.03.